The summed E-state index contributed by atoms with van der Waals surface area (Å²) in [4.78, 5) is 12.8. The average Bonchev–Trinajstić information content (AvgIpc) is 2.69. The number of rotatable bonds is 8. The second-order valence-corrected chi connectivity index (χ2v) is 6.57. The number of hydrogen-bond acceptors (Lipinski definition) is 3. The van der Waals surface area contributed by atoms with Gasteiger partial charge in [-0.15, -0.1) is 0 Å². The molecule has 0 amide bonds. The summed E-state index contributed by atoms with van der Waals surface area (Å²) in [5.41, 5.74) is 2.41. The lowest BCUT2D eigenvalue weighted by Crippen LogP contribution is -2.17. The predicted molar refractivity (Wildman–Crippen MR) is 108 cm³/mol. The van der Waals surface area contributed by atoms with Gasteiger partial charge in [0, 0.05) is 12.0 Å². The summed E-state index contributed by atoms with van der Waals surface area (Å²) in [7, 11) is 0. The van der Waals surface area contributed by atoms with Gasteiger partial charge in [0.2, 0.25) is 0 Å². The fourth-order valence-electron chi connectivity index (χ4n) is 2.83. The first kappa shape index (κ1) is 18.7. The molecule has 3 heteroatoms. The van der Waals surface area contributed by atoms with Crippen LogP contribution in [-0.4, -0.2) is 18.5 Å². The maximum absolute atomic E-state index is 12.8. The molecule has 0 aliphatic rings. The van der Waals surface area contributed by atoms with E-state index in [-0.39, 0.29) is 11.9 Å². The highest BCUT2D eigenvalue weighted by Crippen LogP contribution is 2.23. The van der Waals surface area contributed by atoms with Crippen LogP contribution in [-0.2, 0) is 0 Å². The number of carbonyl (C=O) groups is 1. The van der Waals surface area contributed by atoms with E-state index in [1.807, 2.05) is 86.6 Å². The van der Waals surface area contributed by atoms with Crippen LogP contribution in [0.15, 0.2) is 78.9 Å². The van der Waals surface area contributed by atoms with Crippen molar-refractivity contribution in [3.8, 4) is 11.5 Å². The topological polar surface area (TPSA) is 35.5 Å². The Morgan fingerprint density at radius 3 is 2.44 bits per heavy atom. The van der Waals surface area contributed by atoms with Gasteiger partial charge in [0.1, 0.15) is 11.5 Å². The zero-order valence-corrected chi connectivity index (χ0v) is 15.7. The van der Waals surface area contributed by atoms with Gasteiger partial charge in [0.15, 0.2) is 5.78 Å². The number of para-hydroxylation sites is 1. The van der Waals surface area contributed by atoms with Crippen molar-refractivity contribution in [3.05, 3.63) is 95.6 Å². The van der Waals surface area contributed by atoms with Gasteiger partial charge in [-0.05, 0) is 43.7 Å². The van der Waals surface area contributed by atoms with Gasteiger partial charge in [-0.25, -0.2) is 0 Å². The Kier molecular flexibility index (Phi) is 6.26. The van der Waals surface area contributed by atoms with Crippen LogP contribution in [0.5, 0.6) is 11.5 Å². The maximum atomic E-state index is 12.8. The Morgan fingerprint density at radius 1 is 0.926 bits per heavy atom. The molecule has 0 aromatic heterocycles. The number of aryl methyl sites for hydroxylation is 1. The third kappa shape index (κ3) is 5.20. The van der Waals surface area contributed by atoms with Crippen molar-refractivity contribution in [1.29, 1.82) is 0 Å². The number of ether oxygens (including phenoxy) is 2. The van der Waals surface area contributed by atoms with Crippen LogP contribution in [0.1, 0.15) is 34.8 Å². The van der Waals surface area contributed by atoms with E-state index in [1.165, 1.54) is 5.56 Å². The lowest BCUT2D eigenvalue weighted by atomic mass is 10.0. The molecule has 3 nitrogen and oxygen atoms in total. The second-order valence-electron chi connectivity index (χ2n) is 6.57. The van der Waals surface area contributed by atoms with E-state index in [4.69, 9.17) is 9.47 Å². The highest BCUT2D eigenvalue weighted by Gasteiger charge is 2.16. The Hall–Kier alpha value is -3.07. The third-order valence-electron chi connectivity index (χ3n) is 4.28. The molecule has 0 spiro atoms. The lowest BCUT2D eigenvalue weighted by molar-refractivity contribution is 0.103. The smallest absolute Gasteiger partial charge is 0.196 e. The zero-order chi connectivity index (χ0) is 19.1. The van der Waals surface area contributed by atoms with Crippen LogP contribution in [0.2, 0.25) is 0 Å². The predicted octanol–water partition coefficient (Wildman–Crippen LogP) is 5.46. The summed E-state index contributed by atoms with van der Waals surface area (Å²) in [6.45, 7) is 4.59. The Balaban J connectivity index is 1.61. The number of carbonyl (C=O) groups excluding carboxylic acids is 1. The largest absolute Gasteiger partial charge is 0.493 e. The summed E-state index contributed by atoms with van der Waals surface area (Å²) in [5, 5.41) is 0. The van der Waals surface area contributed by atoms with Crippen molar-refractivity contribution < 1.29 is 14.3 Å². The molecule has 0 heterocycles. The first-order valence-electron chi connectivity index (χ1n) is 9.18. The fourth-order valence-corrected chi connectivity index (χ4v) is 2.83. The zero-order valence-electron chi connectivity index (χ0n) is 15.7. The molecule has 138 valence electrons. The molecule has 27 heavy (non-hydrogen) atoms. The molecule has 0 aliphatic carbocycles. The molecule has 0 aliphatic heterocycles. The quantitative estimate of drug-likeness (QED) is 0.500. The first-order valence-corrected chi connectivity index (χ1v) is 9.18. The van der Waals surface area contributed by atoms with Crippen LogP contribution in [0.25, 0.3) is 0 Å². The molecule has 0 saturated carbocycles. The highest BCUT2D eigenvalue weighted by atomic mass is 16.5. The van der Waals surface area contributed by atoms with Crippen molar-refractivity contribution in [2.75, 3.05) is 6.61 Å². The van der Waals surface area contributed by atoms with Crippen LogP contribution >= 0.6 is 0 Å². The van der Waals surface area contributed by atoms with E-state index in [1.54, 1.807) is 6.07 Å². The van der Waals surface area contributed by atoms with E-state index in [2.05, 4.69) is 0 Å². The molecule has 0 fully saturated rings. The van der Waals surface area contributed by atoms with Gasteiger partial charge in [-0.3, -0.25) is 4.79 Å². The van der Waals surface area contributed by atoms with Crippen molar-refractivity contribution in [2.45, 2.75) is 26.4 Å². The Morgan fingerprint density at radius 2 is 1.67 bits per heavy atom. The molecule has 3 rings (SSSR count). The minimum Gasteiger partial charge on any atom is -0.493 e. The normalized spacial score (nSPS) is 11.6. The van der Waals surface area contributed by atoms with Gasteiger partial charge in [-0.2, -0.15) is 0 Å². The van der Waals surface area contributed by atoms with Crippen molar-refractivity contribution >= 4 is 5.78 Å². The van der Waals surface area contributed by atoms with E-state index in [9.17, 15) is 4.79 Å². The number of hydrogen-bond donors (Lipinski definition) is 0. The molecule has 0 bridgehead atoms. The molecule has 0 N–H and O–H groups in total. The summed E-state index contributed by atoms with van der Waals surface area (Å²) >= 11 is 0. The Bertz CT molecular complexity index is 887. The number of benzene rings is 3. The van der Waals surface area contributed by atoms with Crippen LogP contribution < -0.4 is 9.47 Å². The monoisotopic (exact) mass is 360 g/mol. The minimum absolute atomic E-state index is 0.0330. The molecule has 0 saturated heterocycles. The molecule has 0 radical (unpaired) electrons. The molecular formula is C24H24O3. The van der Waals surface area contributed by atoms with E-state index >= 15 is 0 Å². The fraction of sp³-hybridized carbons (Fsp3) is 0.208. The summed E-state index contributed by atoms with van der Waals surface area (Å²) < 4.78 is 11.8. The Labute approximate surface area is 160 Å². The van der Waals surface area contributed by atoms with Gasteiger partial charge in [0.25, 0.3) is 0 Å². The van der Waals surface area contributed by atoms with Crippen LogP contribution in [0.4, 0.5) is 0 Å². The van der Waals surface area contributed by atoms with Crippen LogP contribution in [0, 0.1) is 6.92 Å². The standard InChI is InChI=1S/C24H24O3/c1-18-9-8-12-21(17-18)26-16-15-19(2)27-23-14-7-6-13-22(23)24(25)20-10-4-3-5-11-20/h3-14,17,19H,15-16H2,1-2H3. The lowest BCUT2D eigenvalue weighted by Gasteiger charge is -2.17. The third-order valence-corrected chi connectivity index (χ3v) is 4.28. The summed E-state index contributed by atoms with van der Waals surface area (Å²) in [6, 6.07) is 24.6. The first-order chi connectivity index (χ1) is 13.1. The van der Waals surface area contributed by atoms with Crippen molar-refractivity contribution in [3.63, 3.8) is 0 Å². The molecule has 1 unspecified atom stereocenters. The van der Waals surface area contributed by atoms with E-state index in [0.717, 1.165) is 12.2 Å². The minimum atomic E-state index is -0.0699. The SMILES string of the molecule is Cc1cccc(OCCC(C)Oc2ccccc2C(=O)c2ccccc2)c1. The van der Waals surface area contributed by atoms with Crippen LogP contribution in [0.3, 0.4) is 0 Å². The van der Waals surface area contributed by atoms with Gasteiger partial charge in [-0.1, -0.05) is 54.6 Å². The maximum Gasteiger partial charge on any atom is 0.196 e. The van der Waals surface area contributed by atoms with Crippen molar-refractivity contribution in [1.82, 2.24) is 0 Å². The number of ketones is 1. The molecular weight excluding hydrogens is 336 g/mol. The summed E-state index contributed by atoms with van der Waals surface area (Å²) in [5.74, 6) is 1.44. The van der Waals surface area contributed by atoms with Gasteiger partial charge < -0.3 is 9.47 Å². The van der Waals surface area contributed by atoms with Gasteiger partial charge in [0.05, 0.1) is 18.3 Å². The van der Waals surface area contributed by atoms with E-state index in [0.29, 0.717) is 23.5 Å². The summed E-state index contributed by atoms with van der Waals surface area (Å²) in [6.07, 6.45) is 0.654. The highest BCUT2D eigenvalue weighted by molar-refractivity contribution is 6.10. The molecule has 3 aromatic rings. The van der Waals surface area contributed by atoms with Gasteiger partial charge >= 0.3 is 0 Å². The second kappa shape index (κ2) is 9.04. The molecule has 1 atom stereocenters. The van der Waals surface area contributed by atoms with Crippen molar-refractivity contribution in [2.24, 2.45) is 0 Å². The van der Waals surface area contributed by atoms with E-state index < -0.39 is 0 Å². The molecule has 3 aromatic carbocycles. The average molecular weight is 360 g/mol.